The molecule has 2 aliphatic rings. The zero-order valence-electron chi connectivity index (χ0n) is 15.2. The van der Waals surface area contributed by atoms with Gasteiger partial charge in [-0.1, -0.05) is 12.5 Å². The van der Waals surface area contributed by atoms with E-state index in [0.717, 1.165) is 31.4 Å². The third-order valence-corrected chi connectivity index (χ3v) is 7.19. The molecule has 8 heteroatoms. The van der Waals surface area contributed by atoms with Crippen molar-refractivity contribution in [3.63, 3.8) is 0 Å². The number of sulfonamides is 1. The maximum Gasteiger partial charge on any atom is 0.258 e. The minimum Gasteiger partial charge on any atom is -0.308 e. The standard InChI is InChI=1S/C20H20F2N2O3S/c21-15-12-18(22)17-7-10-24(19(17)13-15)20(25)14-5-4-6-16(11-14)28(26,27)23-8-2-1-3-9-23/h4-6,11-13H,1-3,7-10H2. The van der Waals surface area contributed by atoms with Crippen LogP contribution in [-0.4, -0.2) is 38.3 Å². The van der Waals surface area contributed by atoms with Crippen molar-refractivity contribution in [2.45, 2.75) is 30.6 Å². The number of nitrogens with zero attached hydrogens (tertiary/aromatic N) is 2. The van der Waals surface area contributed by atoms with Crippen molar-refractivity contribution < 1.29 is 22.0 Å². The van der Waals surface area contributed by atoms with E-state index in [-0.39, 0.29) is 22.7 Å². The quantitative estimate of drug-likeness (QED) is 0.786. The molecule has 0 spiro atoms. The van der Waals surface area contributed by atoms with Gasteiger partial charge in [0.25, 0.3) is 5.91 Å². The van der Waals surface area contributed by atoms with E-state index in [4.69, 9.17) is 0 Å². The van der Waals surface area contributed by atoms with Gasteiger partial charge in [-0.3, -0.25) is 4.79 Å². The third kappa shape index (κ3) is 3.31. The molecule has 28 heavy (non-hydrogen) atoms. The Morgan fingerprint density at radius 2 is 1.71 bits per heavy atom. The summed E-state index contributed by atoms with van der Waals surface area (Å²) in [6.07, 6.45) is 2.93. The molecule has 1 fully saturated rings. The van der Waals surface area contributed by atoms with Gasteiger partial charge >= 0.3 is 0 Å². The largest absolute Gasteiger partial charge is 0.308 e. The van der Waals surface area contributed by atoms with Gasteiger partial charge in [-0.05, 0) is 43.5 Å². The van der Waals surface area contributed by atoms with E-state index in [1.807, 2.05) is 0 Å². The monoisotopic (exact) mass is 406 g/mol. The smallest absolute Gasteiger partial charge is 0.258 e. The van der Waals surface area contributed by atoms with Crippen molar-refractivity contribution in [2.75, 3.05) is 24.5 Å². The zero-order valence-corrected chi connectivity index (χ0v) is 16.0. The Kier molecular flexibility index (Phi) is 4.93. The van der Waals surface area contributed by atoms with Crippen molar-refractivity contribution in [1.29, 1.82) is 0 Å². The molecule has 0 N–H and O–H groups in total. The van der Waals surface area contributed by atoms with Gasteiger partial charge < -0.3 is 4.90 Å². The van der Waals surface area contributed by atoms with E-state index in [1.54, 1.807) is 0 Å². The summed E-state index contributed by atoms with van der Waals surface area (Å²) in [5.41, 5.74) is 0.675. The summed E-state index contributed by atoms with van der Waals surface area (Å²) < 4.78 is 54.8. The molecule has 0 aromatic heterocycles. The van der Waals surface area contributed by atoms with Crippen LogP contribution >= 0.6 is 0 Å². The van der Waals surface area contributed by atoms with Gasteiger partial charge in [-0.15, -0.1) is 0 Å². The number of carbonyl (C=O) groups is 1. The van der Waals surface area contributed by atoms with E-state index in [1.165, 1.54) is 33.5 Å². The number of hydrogen-bond donors (Lipinski definition) is 0. The molecule has 2 aliphatic heterocycles. The summed E-state index contributed by atoms with van der Waals surface area (Å²) in [6.45, 7) is 1.16. The maximum absolute atomic E-state index is 14.0. The fourth-order valence-corrected chi connectivity index (χ4v) is 5.40. The Morgan fingerprint density at radius 3 is 2.46 bits per heavy atom. The topological polar surface area (TPSA) is 57.7 Å². The highest BCUT2D eigenvalue weighted by molar-refractivity contribution is 7.89. The molecule has 2 aromatic carbocycles. The van der Waals surface area contributed by atoms with Gasteiger partial charge in [0.2, 0.25) is 10.0 Å². The first-order valence-electron chi connectivity index (χ1n) is 9.28. The summed E-state index contributed by atoms with van der Waals surface area (Å²) in [4.78, 5) is 14.3. The molecule has 1 saturated heterocycles. The molecule has 1 amide bonds. The number of hydrogen-bond acceptors (Lipinski definition) is 3. The molecule has 2 aromatic rings. The Balaban J connectivity index is 1.65. The Morgan fingerprint density at radius 1 is 0.964 bits per heavy atom. The third-order valence-electron chi connectivity index (χ3n) is 5.29. The molecule has 0 unspecified atom stereocenters. The van der Waals surface area contributed by atoms with Crippen LogP contribution in [-0.2, 0) is 16.4 Å². The van der Waals surface area contributed by atoms with Crippen LogP contribution < -0.4 is 4.90 Å². The Bertz CT molecular complexity index is 1030. The van der Waals surface area contributed by atoms with Crippen LogP contribution in [0.3, 0.4) is 0 Å². The molecule has 4 rings (SSSR count). The summed E-state index contributed by atoms with van der Waals surface area (Å²) in [7, 11) is -3.67. The molecule has 0 saturated carbocycles. The minimum absolute atomic E-state index is 0.0603. The highest BCUT2D eigenvalue weighted by Gasteiger charge is 2.30. The summed E-state index contributed by atoms with van der Waals surface area (Å²) in [5, 5.41) is 0. The summed E-state index contributed by atoms with van der Waals surface area (Å²) >= 11 is 0. The molecule has 2 heterocycles. The van der Waals surface area contributed by atoms with Crippen LogP contribution in [0.2, 0.25) is 0 Å². The van der Waals surface area contributed by atoms with Gasteiger partial charge in [0, 0.05) is 36.8 Å². The molecule has 148 valence electrons. The van der Waals surface area contributed by atoms with Crippen LogP contribution in [0.5, 0.6) is 0 Å². The van der Waals surface area contributed by atoms with Crippen LogP contribution in [0.4, 0.5) is 14.5 Å². The van der Waals surface area contributed by atoms with Crippen LogP contribution in [0.1, 0.15) is 35.2 Å². The number of carbonyl (C=O) groups excluding carboxylic acids is 1. The van der Waals surface area contributed by atoms with E-state index in [9.17, 15) is 22.0 Å². The number of amides is 1. The van der Waals surface area contributed by atoms with Crippen LogP contribution in [0.25, 0.3) is 0 Å². The second-order valence-corrected chi connectivity index (χ2v) is 9.02. The Labute approximate surface area is 162 Å². The molecule has 0 atom stereocenters. The van der Waals surface area contributed by atoms with Gasteiger partial charge in [0.15, 0.2) is 0 Å². The van der Waals surface area contributed by atoms with Gasteiger partial charge in [0.1, 0.15) is 11.6 Å². The van der Waals surface area contributed by atoms with E-state index >= 15 is 0 Å². The van der Waals surface area contributed by atoms with Gasteiger partial charge in [-0.25, -0.2) is 17.2 Å². The van der Waals surface area contributed by atoms with Crippen molar-refractivity contribution in [1.82, 2.24) is 4.31 Å². The van der Waals surface area contributed by atoms with Gasteiger partial charge in [0.05, 0.1) is 10.6 Å². The van der Waals surface area contributed by atoms with Crippen molar-refractivity contribution in [2.24, 2.45) is 0 Å². The SMILES string of the molecule is O=C(c1cccc(S(=O)(=O)N2CCCCC2)c1)N1CCc2c(F)cc(F)cc21. The Hall–Kier alpha value is -2.32. The van der Waals surface area contributed by atoms with Crippen molar-refractivity contribution in [3.8, 4) is 0 Å². The predicted octanol–water partition coefficient (Wildman–Crippen LogP) is 3.34. The average Bonchev–Trinajstić information content (AvgIpc) is 3.12. The predicted molar refractivity (Wildman–Crippen MR) is 101 cm³/mol. The lowest BCUT2D eigenvalue weighted by Crippen LogP contribution is -2.35. The lowest BCUT2D eigenvalue weighted by atomic mass is 10.1. The molecule has 0 radical (unpaired) electrons. The fraction of sp³-hybridized carbons (Fsp3) is 0.350. The first-order valence-corrected chi connectivity index (χ1v) is 10.7. The number of benzene rings is 2. The second-order valence-electron chi connectivity index (χ2n) is 7.08. The van der Waals surface area contributed by atoms with Crippen molar-refractivity contribution in [3.05, 3.63) is 59.2 Å². The number of rotatable bonds is 3. The first kappa shape index (κ1) is 19.0. The van der Waals surface area contributed by atoms with Gasteiger partial charge in [-0.2, -0.15) is 4.31 Å². The highest BCUT2D eigenvalue weighted by atomic mass is 32.2. The number of anilines is 1. The number of halogens is 2. The van der Waals surface area contributed by atoms with E-state index < -0.39 is 27.6 Å². The van der Waals surface area contributed by atoms with E-state index in [2.05, 4.69) is 0 Å². The minimum atomic E-state index is -3.67. The summed E-state index contributed by atoms with van der Waals surface area (Å²) in [5.74, 6) is -1.90. The normalized spacial score (nSPS) is 17.6. The van der Waals surface area contributed by atoms with Crippen LogP contribution in [0, 0.1) is 11.6 Å². The van der Waals surface area contributed by atoms with Crippen LogP contribution in [0.15, 0.2) is 41.3 Å². The lowest BCUT2D eigenvalue weighted by molar-refractivity contribution is 0.0989. The fourth-order valence-electron chi connectivity index (χ4n) is 3.83. The van der Waals surface area contributed by atoms with E-state index in [0.29, 0.717) is 25.1 Å². The molecular weight excluding hydrogens is 386 g/mol. The zero-order chi connectivity index (χ0) is 19.9. The molecular formula is C20H20F2N2O3S. The molecule has 0 aliphatic carbocycles. The second kappa shape index (κ2) is 7.25. The summed E-state index contributed by atoms with van der Waals surface area (Å²) in [6, 6.07) is 7.80. The lowest BCUT2D eigenvalue weighted by Gasteiger charge is -2.26. The average molecular weight is 406 g/mol. The highest BCUT2D eigenvalue weighted by Crippen LogP contribution is 2.32. The first-order chi connectivity index (χ1) is 13.4. The maximum atomic E-state index is 14.0. The molecule has 0 bridgehead atoms. The number of piperidine rings is 1. The van der Waals surface area contributed by atoms with Crippen molar-refractivity contribution >= 4 is 21.6 Å². The number of fused-ring (bicyclic) bond motifs is 1. The molecule has 5 nitrogen and oxygen atoms in total.